The molecule has 2 aromatic carbocycles. The molecule has 0 fully saturated rings. The fraction of sp³-hybridized carbons (Fsp3) is 0.348. The smallest absolute Gasteiger partial charge is 0.415 e. The zero-order valence-electron chi connectivity index (χ0n) is 16.9. The van der Waals surface area contributed by atoms with Crippen LogP contribution in [0.25, 0.3) is 0 Å². The number of hydrogen-bond acceptors (Lipinski definition) is 3. The number of benzene rings is 2. The summed E-state index contributed by atoms with van der Waals surface area (Å²) in [7, 11) is 1.62. The molecule has 27 heavy (non-hydrogen) atoms. The Bertz CT molecular complexity index is 762. The molecule has 0 aromatic heterocycles. The van der Waals surface area contributed by atoms with Crippen LogP contribution in [-0.4, -0.2) is 18.8 Å². The molecule has 4 nitrogen and oxygen atoms in total. The topological polar surface area (TPSA) is 38.8 Å². The van der Waals surface area contributed by atoms with Gasteiger partial charge < -0.3 is 9.47 Å². The van der Waals surface area contributed by atoms with Crippen molar-refractivity contribution in [3.05, 3.63) is 72.8 Å². The predicted molar refractivity (Wildman–Crippen MR) is 110 cm³/mol. The molecule has 0 bridgehead atoms. The molecular formula is C23H29NO3. The van der Waals surface area contributed by atoms with E-state index in [0.717, 1.165) is 17.0 Å². The van der Waals surface area contributed by atoms with Crippen molar-refractivity contribution in [2.75, 3.05) is 12.0 Å². The summed E-state index contributed by atoms with van der Waals surface area (Å²) in [5, 5.41) is 0. The molecule has 144 valence electrons. The average molecular weight is 367 g/mol. The molecule has 0 saturated carbocycles. The lowest BCUT2D eigenvalue weighted by Gasteiger charge is -2.42. The van der Waals surface area contributed by atoms with Crippen LogP contribution >= 0.6 is 0 Å². The van der Waals surface area contributed by atoms with E-state index in [0.29, 0.717) is 6.42 Å². The van der Waals surface area contributed by atoms with Crippen molar-refractivity contribution in [1.82, 2.24) is 0 Å². The van der Waals surface area contributed by atoms with E-state index in [4.69, 9.17) is 9.47 Å². The largest absolute Gasteiger partial charge is 0.497 e. The van der Waals surface area contributed by atoms with Gasteiger partial charge in [0.2, 0.25) is 0 Å². The molecule has 0 aliphatic heterocycles. The van der Waals surface area contributed by atoms with Gasteiger partial charge in [-0.15, -0.1) is 6.58 Å². The maximum atomic E-state index is 13.2. The number of anilines is 1. The predicted octanol–water partition coefficient (Wildman–Crippen LogP) is 5.93. The highest BCUT2D eigenvalue weighted by Gasteiger charge is 2.39. The number of amides is 1. The molecule has 0 saturated heterocycles. The maximum Gasteiger partial charge on any atom is 0.415 e. The zero-order valence-corrected chi connectivity index (χ0v) is 16.9. The van der Waals surface area contributed by atoms with Gasteiger partial charge in [0.25, 0.3) is 0 Å². The van der Waals surface area contributed by atoms with Crippen molar-refractivity contribution in [2.45, 2.75) is 45.3 Å². The van der Waals surface area contributed by atoms with E-state index >= 15 is 0 Å². The Labute approximate surface area is 162 Å². The fourth-order valence-electron chi connectivity index (χ4n) is 3.05. The minimum atomic E-state index is -0.653. The Hall–Kier alpha value is -2.75. The van der Waals surface area contributed by atoms with Crippen LogP contribution in [0.15, 0.2) is 67.3 Å². The molecule has 0 unspecified atom stereocenters. The van der Waals surface area contributed by atoms with E-state index in [1.54, 1.807) is 12.0 Å². The molecule has 0 spiro atoms. The quantitative estimate of drug-likeness (QED) is 0.594. The van der Waals surface area contributed by atoms with Crippen LogP contribution in [0.2, 0.25) is 0 Å². The second-order valence-corrected chi connectivity index (χ2v) is 7.65. The second kappa shape index (κ2) is 8.30. The van der Waals surface area contributed by atoms with E-state index < -0.39 is 17.2 Å². The molecule has 0 radical (unpaired) electrons. The molecule has 0 aliphatic carbocycles. The average Bonchev–Trinajstić information content (AvgIpc) is 2.62. The first-order valence-corrected chi connectivity index (χ1v) is 9.05. The van der Waals surface area contributed by atoms with Crippen molar-refractivity contribution < 1.29 is 14.3 Å². The van der Waals surface area contributed by atoms with Crippen molar-refractivity contribution in [3.8, 4) is 5.75 Å². The van der Waals surface area contributed by atoms with Crippen molar-refractivity contribution >= 4 is 11.8 Å². The minimum absolute atomic E-state index is 0.402. The standard InChI is InChI=1S/C23H29NO3/c1-7-17-23(5,18-11-9-8-10-12-18)24(21(25)27-22(2,3)4)19-13-15-20(26-6)16-14-19/h7-16H,1,17H2,2-6H3/t23-/m1/s1. The van der Waals surface area contributed by atoms with Gasteiger partial charge in [0.1, 0.15) is 11.4 Å². The van der Waals surface area contributed by atoms with Crippen molar-refractivity contribution in [1.29, 1.82) is 0 Å². The normalized spacial score (nSPS) is 13.4. The van der Waals surface area contributed by atoms with Crippen LogP contribution in [0.4, 0.5) is 10.5 Å². The van der Waals surface area contributed by atoms with Gasteiger partial charge in [-0.2, -0.15) is 0 Å². The molecule has 2 rings (SSSR count). The summed E-state index contributed by atoms with van der Waals surface area (Å²) in [5.74, 6) is 0.730. The summed E-state index contributed by atoms with van der Waals surface area (Å²) in [6.07, 6.45) is 2.00. The number of carbonyl (C=O) groups is 1. The highest BCUT2D eigenvalue weighted by atomic mass is 16.6. The molecule has 2 aromatic rings. The van der Waals surface area contributed by atoms with Crippen molar-refractivity contribution in [3.63, 3.8) is 0 Å². The Morgan fingerprint density at radius 3 is 2.11 bits per heavy atom. The van der Waals surface area contributed by atoms with E-state index in [1.807, 2.05) is 88.4 Å². The van der Waals surface area contributed by atoms with E-state index in [-0.39, 0.29) is 0 Å². The molecule has 4 heteroatoms. The van der Waals surface area contributed by atoms with Crippen molar-refractivity contribution in [2.24, 2.45) is 0 Å². The third kappa shape index (κ3) is 4.91. The number of ether oxygens (including phenoxy) is 2. The number of nitrogens with zero attached hydrogens (tertiary/aromatic N) is 1. The van der Waals surface area contributed by atoms with E-state index in [9.17, 15) is 4.79 Å². The Morgan fingerprint density at radius 2 is 1.63 bits per heavy atom. The minimum Gasteiger partial charge on any atom is -0.497 e. The summed E-state index contributed by atoms with van der Waals surface area (Å²) in [6, 6.07) is 17.4. The monoisotopic (exact) mass is 367 g/mol. The fourth-order valence-corrected chi connectivity index (χ4v) is 3.05. The second-order valence-electron chi connectivity index (χ2n) is 7.65. The number of carbonyl (C=O) groups excluding carboxylic acids is 1. The molecule has 0 aliphatic rings. The first-order valence-electron chi connectivity index (χ1n) is 9.05. The maximum absolute atomic E-state index is 13.2. The van der Waals surface area contributed by atoms with Crippen LogP contribution in [0.1, 0.15) is 39.7 Å². The summed E-state index contributed by atoms with van der Waals surface area (Å²) in [6.45, 7) is 11.5. The lowest BCUT2D eigenvalue weighted by Crippen LogP contribution is -2.49. The molecular weight excluding hydrogens is 338 g/mol. The van der Waals surface area contributed by atoms with Gasteiger partial charge in [-0.3, -0.25) is 4.90 Å². The van der Waals surface area contributed by atoms with E-state index in [2.05, 4.69) is 6.58 Å². The Kier molecular flexibility index (Phi) is 6.32. The van der Waals surface area contributed by atoms with Gasteiger partial charge in [-0.1, -0.05) is 36.4 Å². The summed E-state index contributed by atoms with van der Waals surface area (Å²) in [5.41, 5.74) is 0.484. The lowest BCUT2D eigenvalue weighted by molar-refractivity contribution is 0.0539. The van der Waals surface area contributed by atoms with Crippen LogP contribution < -0.4 is 9.64 Å². The summed E-state index contributed by atoms with van der Waals surface area (Å²) < 4.78 is 11.0. The molecule has 0 heterocycles. The molecule has 0 N–H and O–H groups in total. The molecule has 1 amide bonds. The van der Waals surface area contributed by atoms with Gasteiger partial charge in [-0.05, 0) is 63.9 Å². The zero-order chi connectivity index (χ0) is 20.1. The number of methoxy groups -OCH3 is 1. The highest BCUT2D eigenvalue weighted by molar-refractivity contribution is 5.90. The number of rotatable bonds is 6. The Balaban J connectivity index is 2.60. The van der Waals surface area contributed by atoms with Gasteiger partial charge in [0.05, 0.1) is 12.6 Å². The third-order valence-corrected chi connectivity index (χ3v) is 4.34. The summed E-state index contributed by atoms with van der Waals surface area (Å²) >= 11 is 0. The molecule has 1 atom stereocenters. The highest BCUT2D eigenvalue weighted by Crippen LogP contribution is 2.38. The van der Waals surface area contributed by atoms with Gasteiger partial charge >= 0.3 is 6.09 Å². The van der Waals surface area contributed by atoms with Gasteiger partial charge in [-0.25, -0.2) is 4.79 Å². The van der Waals surface area contributed by atoms with Crippen LogP contribution in [-0.2, 0) is 10.3 Å². The van der Waals surface area contributed by atoms with Gasteiger partial charge in [0, 0.05) is 5.69 Å². The van der Waals surface area contributed by atoms with Crippen LogP contribution in [0.3, 0.4) is 0 Å². The lowest BCUT2D eigenvalue weighted by atomic mass is 9.86. The van der Waals surface area contributed by atoms with Crippen LogP contribution in [0, 0.1) is 0 Å². The van der Waals surface area contributed by atoms with Gasteiger partial charge in [0.15, 0.2) is 0 Å². The van der Waals surface area contributed by atoms with Crippen LogP contribution in [0.5, 0.6) is 5.75 Å². The van der Waals surface area contributed by atoms with E-state index in [1.165, 1.54) is 0 Å². The third-order valence-electron chi connectivity index (χ3n) is 4.34. The SMILES string of the molecule is C=CC[C@](C)(c1ccccc1)N(C(=O)OC(C)(C)C)c1ccc(OC)cc1. The first-order chi connectivity index (χ1) is 12.7. The number of hydrogen-bond donors (Lipinski definition) is 0. The first kappa shape index (κ1) is 20.6. The Morgan fingerprint density at radius 1 is 1.04 bits per heavy atom. The summed E-state index contributed by atoms with van der Waals surface area (Å²) in [4.78, 5) is 14.9.